The Morgan fingerprint density at radius 3 is 2.45 bits per heavy atom. The van der Waals surface area contributed by atoms with Gasteiger partial charge in [0, 0.05) is 20.0 Å². The Kier molecular flexibility index (Phi) is 7.60. The quantitative estimate of drug-likeness (QED) is 0.739. The summed E-state index contributed by atoms with van der Waals surface area (Å²) in [6.45, 7) is 5.64. The minimum absolute atomic E-state index is 0.0910. The average molecular weight is 305 g/mol. The molecule has 0 aromatic heterocycles. The largest absolute Gasteiger partial charge is 0.355 e. The predicted octanol–water partition coefficient (Wildman–Crippen LogP) is 1.41. The van der Waals surface area contributed by atoms with Gasteiger partial charge in [-0.2, -0.15) is 0 Å². The highest BCUT2D eigenvalue weighted by molar-refractivity contribution is 5.83. The fourth-order valence-electron chi connectivity index (χ4n) is 2.12. The number of nitrogens with zero attached hydrogens (tertiary/aromatic N) is 2. The standard InChI is InChI=1S/C17H27N3O2/c1-14-8-5-6-9-16(14)12-20(15(2)21)13-17(22)18-10-7-11-19(3)4/h5-6,8-9H,7,10-13H2,1-4H3,(H,18,22). The van der Waals surface area contributed by atoms with E-state index in [1.165, 1.54) is 6.92 Å². The Labute approximate surface area is 133 Å². The molecule has 0 aliphatic rings. The van der Waals surface area contributed by atoms with E-state index in [1.807, 2.05) is 45.3 Å². The summed E-state index contributed by atoms with van der Waals surface area (Å²) in [4.78, 5) is 27.4. The van der Waals surface area contributed by atoms with Crippen molar-refractivity contribution in [2.24, 2.45) is 0 Å². The highest BCUT2D eigenvalue weighted by Gasteiger charge is 2.14. The van der Waals surface area contributed by atoms with Gasteiger partial charge in [0.15, 0.2) is 0 Å². The smallest absolute Gasteiger partial charge is 0.239 e. The number of nitrogens with one attached hydrogen (secondary N) is 1. The molecule has 122 valence electrons. The molecule has 0 atom stereocenters. The van der Waals surface area contributed by atoms with Crippen LogP contribution in [0.5, 0.6) is 0 Å². The molecule has 0 saturated carbocycles. The fourth-order valence-corrected chi connectivity index (χ4v) is 2.12. The molecule has 2 amide bonds. The fraction of sp³-hybridized carbons (Fsp3) is 0.529. The highest BCUT2D eigenvalue weighted by atomic mass is 16.2. The van der Waals surface area contributed by atoms with Crippen LogP contribution in [0.4, 0.5) is 0 Å². The average Bonchev–Trinajstić information content (AvgIpc) is 2.45. The SMILES string of the molecule is CC(=O)N(CC(=O)NCCCN(C)C)Cc1ccccc1C. The second kappa shape index (κ2) is 9.20. The van der Waals surface area contributed by atoms with Gasteiger partial charge < -0.3 is 15.1 Å². The van der Waals surface area contributed by atoms with Crippen LogP contribution in [-0.2, 0) is 16.1 Å². The third kappa shape index (κ3) is 6.72. The maximum absolute atomic E-state index is 12.0. The zero-order valence-corrected chi connectivity index (χ0v) is 14.1. The molecule has 0 heterocycles. The van der Waals surface area contributed by atoms with Crippen LogP contribution in [0.3, 0.4) is 0 Å². The van der Waals surface area contributed by atoms with E-state index < -0.39 is 0 Å². The van der Waals surface area contributed by atoms with E-state index in [2.05, 4.69) is 10.2 Å². The minimum atomic E-state index is -0.109. The topological polar surface area (TPSA) is 52.7 Å². The van der Waals surface area contributed by atoms with E-state index in [1.54, 1.807) is 4.90 Å². The first-order valence-corrected chi connectivity index (χ1v) is 7.61. The number of amides is 2. The summed E-state index contributed by atoms with van der Waals surface area (Å²) >= 11 is 0. The predicted molar refractivity (Wildman–Crippen MR) is 88.5 cm³/mol. The number of aryl methyl sites for hydroxylation is 1. The summed E-state index contributed by atoms with van der Waals surface area (Å²) < 4.78 is 0. The van der Waals surface area contributed by atoms with Gasteiger partial charge in [0.2, 0.25) is 11.8 Å². The van der Waals surface area contributed by atoms with Crippen LogP contribution < -0.4 is 5.32 Å². The number of carbonyl (C=O) groups excluding carboxylic acids is 2. The van der Waals surface area contributed by atoms with Crippen molar-refractivity contribution in [3.8, 4) is 0 Å². The molecule has 0 unspecified atom stereocenters. The lowest BCUT2D eigenvalue weighted by Crippen LogP contribution is -2.40. The Hall–Kier alpha value is -1.88. The maximum Gasteiger partial charge on any atom is 0.239 e. The van der Waals surface area contributed by atoms with Crippen molar-refractivity contribution in [2.45, 2.75) is 26.8 Å². The Morgan fingerprint density at radius 1 is 1.18 bits per heavy atom. The van der Waals surface area contributed by atoms with Gasteiger partial charge in [-0.3, -0.25) is 9.59 Å². The summed E-state index contributed by atoms with van der Waals surface area (Å²) in [6.07, 6.45) is 0.899. The summed E-state index contributed by atoms with van der Waals surface area (Å²) in [5, 5.41) is 2.86. The van der Waals surface area contributed by atoms with Crippen LogP contribution in [0, 0.1) is 6.92 Å². The third-order valence-electron chi connectivity index (χ3n) is 3.51. The van der Waals surface area contributed by atoms with Crippen molar-refractivity contribution in [3.05, 3.63) is 35.4 Å². The van der Waals surface area contributed by atoms with Crippen LogP contribution in [-0.4, -0.2) is 55.3 Å². The normalized spacial score (nSPS) is 10.6. The van der Waals surface area contributed by atoms with E-state index in [0.717, 1.165) is 24.1 Å². The molecular weight excluding hydrogens is 278 g/mol. The molecule has 0 saturated heterocycles. The Bertz CT molecular complexity index is 500. The number of benzene rings is 1. The Balaban J connectivity index is 2.49. The second-order valence-corrected chi connectivity index (χ2v) is 5.81. The molecule has 0 aliphatic heterocycles. The molecule has 0 bridgehead atoms. The van der Waals surface area contributed by atoms with Gasteiger partial charge in [-0.1, -0.05) is 24.3 Å². The number of rotatable bonds is 8. The highest BCUT2D eigenvalue weighted by Crippen LogP contribution is 2.10. The van der Waals surface area contributed by atoms with Gasteiger partial charge in [0.25, 0.3) is 0 Å². The van der Waals surface area contributed by atoms with Crippen LogP contribution >= 0.6 is 0 Å². The van der Waals surface area contributed by atoms with Crippen LogP contribution in [0.1, 0.15) is 24.5 Å². The van der Waals surface area contributed by atoms with Crippen LogP contribution in [0.25, 0.3) is 0 Å². The molecule has 1 N–H and O–H groups in total. The van der Waals surface area contributed by atoms with Gasteiger partial charge in [0.05, 0.1) is 6.54 Å². The van der Waals surface area contributed by atoms with Crippen molar-refractivity contribution in [1.82, 2.24) is 15.1 Å². The molecule has 1 aromatic rings. The van der Waals surface area contributed by atoms with Crippen molar-refractivity contribution in [2.75, 3.05) is 33.7 Å². The van der Waals surface area contributed by atoms with Gasteiger partial charge >= 0.3 is 0 Å². The number of hydrogen-bond donors (Lipinski definition) is 1. The minimum Gasteiger partial charge on any atom is -0.355 e. The van der Waals surface area contributed by atoms with E-state index in [4.69, 9.17) is 0 Å². The lowest BCUT2D eigenvalue weighted by molar-refractivity contribution is -0.134. The molecule has 1 rings (SSSR count). The molecule has 5 nitrogen and oxygen atoms in total. The van der Waals surface area contributed by atoms with Crippen LogP contribution in [0.15, 0.2) is 24.3 Å². The van der Waals surface area contributed by atoms with Crippen molar-refractivity contribution < 1.29 is 9.59 Å². The number of hydrogen-bond acceptors (Lipinski definition) is 3. The molecule has 0 spiro atoms. The van der Waals surface area contributed by atoms with Gasteiger partial charge in [-0.05, 0) is 45.1 Å². The van der Waals surface area contributed by atoms with Crippen molar-refractivity contribution in [3.63, 3.8) is 0 Å². The second-order valence-electron chi connectivity index (χ2n) is 5.81. The first-order valence-electron chi connectivity index (χ1n) is 7.61. The molecule has 1 aromatic carbocycles. The third-order valence-corrected chi connectivity index (χ3v) is 3.51. The lowest BCUT2D eigenvalue weighted by atomic mass is 10.1. The monoisotopic (exact) mass is 305 g/mol. The molecule has 22 heavy (non-hydrogen) atoms. The summed E-state index contributed by atoms with van der Waals surface area (Å²) in [5.41, 5.74) is 2.19. The van der Waals surface area contributed by atoms with E-state index in [9.17, 15) is 9.59 Å². The first kappa shape index (κ1) is 18.2. The molecule has 0 radical (unpaired) electrons. The van der Waals surface area contributed by atoms with Crippen molar-refractivity contribution >= 4 is 11.8 Å². The molecule has 5 heteroatoms. The van der Waals surface area contributed by atoms with Crippen LogP contribution in [0.2, 0.25) is 0 Å². The maximum atomic E-state index is 12.0. The summed E-state index contributed by atoms with van der Waals surface area (Å²) in [5.74, 6) is -0.200. The first-order chi connectivity index (χ1) is 10.4. The summed E-state index contributed by atoms with van der Waals surface area (Å²) in [7, 11) is 4.00. The molecular formula is C17H27N3O2. The lowest BCUT2D eigenvalue weighted by Gasteiger charge is -2.21. The number of carbonyl (C=O) groups is 2. The zero-order chi connectivity index (χ0) is 16.5. The summed E-state index contributed by atoms with van der Waals surface area (Å²) in [6, 6.07) is 7.91. The Morgan fingerprint density at radius 2 is 1.86 bits per heavy atom. The molecule has 0 fully saturated rings. The van der Waals surface area contributed by atoms with E-state index in [-0.39, 0.29) is 18.4 Å². The van der Waals surface area contributed by atoms with Gasteiger partial charge in [-0.25, -0.2) is 0 Å². The zero-order valence-electron chi connectivity index (χ0n) is 14.1. The van der Waals surface area contributed by atoms with Gasteiger partial charge in [-0.15, -0.1) is 0 Å². The van der Waals surface area contributed by atoms with Gasteiger partial charge in [0.1, 0.15) is 0 Å². The van der Waals surface area contributed by atoms with E-state index >= 15 is 0 Å². The van der Waals surface area contributed by atoms with Crippen molar-refractivity contribution in [1.29, 1.82) is 0 Å². The van der Waals surface area contributed by atoms with E-state index in [0.29, 0.717) is 13.1 Å². The molecule has 0 aliphatic carbocycles.